The normalized spacial score (nSPS) is 11.3. The van der Waals surface area contributed by atoms with E-state index in [0.717, 1.165) is 21.4 Å². The Hall–Kier alpha value is -2.08. The van der Waals surface area contributed by atoms with E-state index in [-0.39, 0.29) is 5.56 Å². The molecular formula is C19H13Cl2N3OS. The lowest BCUT2D eigenvalue weighted by atomic mass is 10.1. The lowest BCUT2D eigenvalue weighted by molar-refractivity contribution is 0.747. The molecule has 26 heavy (non-hydrogen) atoms. The summed E-state index contributed by atoms with van der Waals surface area (Å²) in [5, 5.41) is 2.35. The van der Waals surface area contributed by atoms with Crippen LogP contribution >= 0.6 is 35.0 Å². The molecule has 7 heteroatoms. The van der Waals surface area contributed by atoms with Crippen molar-refractivity contribution in [2.45, 2.75) is 11.4 Å². The predicted octanol–water partition coefficient (Wildman–Crippen LogP) is 5.02. The maximum atomic E-state index is 12.7. The van der Waals surface area contributed by atoms with Crippen LogP contribution in [0.5, 0.6) is 0 Å². The SMILES string of the molecule is CSc1ccc2cc(Cn3cnc4ccc(Cl)cc4c3=O)c(Cl)nc2c1. The molecule has 0 amide bonds. The molecule has 0 fully saturated rings. The molecule has 4 nitrogen and oxygen atoms in total. The number of aromatic nitrogens is 3. The van der Waals surface area contributed by atoms with Crippen molar-refractivity contribution in [3.63, 3.8) is 0 Å². The van der Waals surface area contributed by atoms with Crippen molar-refractivity contribution < 1.29 is 0 Å². The van der Waals surface area contributed by atoms with Gasteiger partial charge in [-0.25, -0.2) is 9.97 Å². The Labute approximate surface area is 163 Å². The first-order valence-corrected chi connectivity index (χ1v) is 9.81. The van der Waals surface area contributed by atoms with E-state index in [4.69, 9.17) is 23.2 Å². The summed E-state index contributed by atoms with van der Waals surface area (Å²) in [5.74, 6) is 0. The highest BCUT2D eigenvalue weighted by atomic mass is 35.5. The smallest absolute Gasteiger partial charge is 0.261 e. The number of pyridine rings is 1. The fourth-order valence-corrected chi connectivity index (χ4v) is 3.64. The summed E-state index contributed by atoms with van der Waals surface area (Å²) in [6, 6.07) is 13.1. The van der Waals surface area contributed by atoms with Gasteiger partial charge < -0.3 is 0 Å². The first kappa shape index (κ1) is 17.3. The Kier molecular flexibility index (Phi) is 4.61. The number of benzene rings is 2. The summed E-state index contributed by atoms with van der Waals surface area (Å²) in [4.78, 5) is 22.7. The van der Waals surface area contributed by atoms with Crippen LogP contribution in [-0.4, -0.2) is 20.8 Å². The van der Waals surface area contributed by atoms with E-state index in [1.54, 1.807) is 30.0 Å². The lowest BCUT2D eigenvalue weighted by Gasteiger charge is -2.10. The zero-order valence-corrected chi connectivity index (χ0v) is 16.1. The third kappa shape index (κ3) is 3.18. The highest BCUT2D eigenvalue weighted by Crippen LogP contribution is 2.25. The Balaban J connectivity index is 1.79. The molecule has 2 aromatic heterocycles. The third-order valence-electron chi connectivity index (χ3n) is 4.18. The minimum absolute atomic E-state index is 0.161. The fraction of sp³-hybridized carbons (Fsp3) is 0.105. The monoisotopic (exact) mass is 401 g/mol. The summed E-state index contributed by atoms with van der Waals surface area (Å²) in [6.07, 6.45) is 3.54. The maximum Gasteiger partial charge on any atom is 0.261 e. The molecule has 0 radical (unpaired) electrons. The van der Waals surface area contributed by atoms with Gasteiger partial charge in [0.25, 0.3) is 5.56 Å². The molecule has 0 unspecified atom stereocenters. The highest BCUT2D eigenvalue weighted by molar-refractivity contribution is 7.98. The molecule has 0 bridgehead atoms. The quantitative estimate of drug-likeness (QED) is 0.357. The van der Waals surface area contributed by atoms with Crippen LogP contribution in [0.15, 0.2) is 58.5 Å². The molecule has 0 saturated heterocycles. The van der Waals surface area contributed by atoms with Crippen molar-refractivity contribution in [2.75, 3.05) is 6.26 Å². The van der Waals surface area contributed by atoms with Crippen molar-refractivity contribution in [2.24, 2.45) is 0 Å². The van der Waals surface area contributed by atoms with E-state index < -0.39 is 0 Å². The van der Waals surface area contributed by atoms with E-state index in [2.05, 4.69) is 9.97 Å². The molecule has 130 valence electrons. The number of thioether (sulfide) groups is 1. The van der Waals surface area contributed by atoms with Gasteiger partial charge in [0.15, 0.2) is 0 Å². The molecule has 0 saturated carbocycles. The van der Waals surface area contributed by atoms with Crippen LogP contribution in [0.3, 0.4) is 0 Å². The standard InChI is InChI=1S/C19H13Cl2N3OS/c1-26-14-4-2-11-6-12(18(21)23-17(11)8-14)9-24-10-22-16-5-3-13(20)7-15(16)19(24)25/h2-8,10H,9H2,1H3. The molecule has 0 aliphatic carbocycles. The molecule has 2 heterocycles. The van der Waals surface area contributed by atoms with Gasteiger partial charge in [-0.3, -0.25) is 9.36 Å². The minimum Gasteiger partial charge on any atom is -0.294 e. The van der Waals surface area contributed by atoms with E-state index in [1.807, 2.05) is 30.5 Å². The van der Waals surface area contributed by atoms with Crippen molar-refractivity contribution >= 4 is 56.8 Å². The molecule has 2 aromatic carbocycles. The van der Waals surface area contributed by atoms with E-state index in [1.165, 1.54) is 10.9 Å². The molecule has 4 aromatic rings. The van der Waals surface area contributed by atoms with Crippen molar-refractivity contribution in [1.82, 2.24) is 14.5 Å². The van der Waals surface area contributed by atoms with Gasteiger partial charge in [-0.05, 0) is 42.7 Å². The zero-order valence-electron chi connectivity index (χ0n) is 13.7. The topological polar surface area (TPSA) is 47.8 Å². The molecule has 0 N–H and O–H groups in total. The minimum atomic E-state index is -0.161. The van der Waals surface area contributed by atoms with E-state index in [9.17, 15) is 4.79 Å². The second kappa shape index (κ2) is 6.91. The largest absolute Gasteiger partial charge is 0.294 e. The van der Waals surface area contributed by atoms with Crippen LogP contribution in [0.25, 0.3) is 21.8 Å². The molecule has 0 spiro atoms. The van der Waals surface area contributed by atoms with Gasteiger partial charge in [-0.2, -0.15) is 0 Å². The van der Waals surface area contributed by atoms with Gasteiger partial charge in [-0.1, -0.05) is 29.3 Å². The second-order valence-corrected chi connectivity index (χ2v) is 7.51. The van der Waals surface area contributed by atoms with Gasteiger partial charge in [0, 0.05) is 20.9 Å². The number of halogens is 2. The average molecular weight is 402 g/mol. The summed E-state index contributed by atoms with van der Waals surface area (Å²) in [7, 11) is 0. The van der Waals surface area contributed by atoms with Crippen molar-refractivity contribution in [1.29, 1.82) is 0 Å². The second-order valence-electron chi connectivity index (χ2n) is 5.84. The van der Waals surface area contributed by atoms with Crippen LogP contribution in [0.2, 0.25) is 10.2 Å². The molecule has 0 aliphatic rings. The number of nitrogens with zero attached hydrogens (tertiary/aromatic N) is 3. The zero-order chi connectivity index (χ0) is 18.3. The Morgan fingerprint density at radius 1 is 1.08 bits per heavy atom. The van der Waals surface area contributed by atoms with Gasteiger partial charge >= 0.3 is 0 Å². The Morgan fingerprint density at radius 3 is 2.73 bits per heavy atom. The van der Waals surface area contributed by atoms with Crippen LogP contribution in [0, 0.1) is 0 Å². The van der Waals surface area contributed by atoms with Crippen LogP contribution < -0.4 is 5.56 Å². The summed E-state index contributed by atoms with van der Waals surface area (Å²) >= 11 is 14.0. The van der Waals surface area contributed by atoms with Gasteiger partial charge in [0.1, 0.15) is 5.15 Å². The van der Waals surface area contributed by atoms with Crippen molar-refractivity contribution in [3.05, 3.63) is 74.9 Å². The molecular weight excluding hydrogens is 389 g/mol. The number of hydrogen-bond donors (Lipinski definition) is 0. The summed E-state index contributed by atoms with van der Waals surface area (Å²) in [5.41, 5.74) is 2.05. The van der Waals surface area contributed by atoms with Crippen LogP contribution in [0.4, 0.5) is 0 Å². The lowest BCUT2D eigenvalue weighted by Crippen LogP contribution is -2.21. The third-order valence-corrected chi connectivity index (χ3v) is 5.47. The van der Waals surface area contributed by atoms with E-state index in [0.29, 0.717) is 27.6 Å². The van der Waals surface area contributed by atoms with Gasteiger partial charge in [0.2, 0.25) is 0 Å². The molecule has 0 atom stereocenters. The number of fused-ring (bicyclic) bond motifs is 2. The van der Waals surface area contributed by atoms with Crippen LogP contribution in [0.1, 0.15) is 5.56 Å². The summed E-state index contributed by atoms with van der Waals surface area (Å²) < 4.78 is 1.52. The number of rotatable bonds is 3. The average Bonchev–Trinajstić information content (AvgIpc) is 2.64. The highest BCUT2D eigenvalue weighted by Gasteiger charge is 2.10. The van der Waals surface area contributed by atoms with Crippen LogP contribution in [-0.2, 0) is 6.54 Å². The maximum absolute atomic E-state index is 12.7. The first-order chi connectivity index (χ1) is 12.5. The number of hydrogen-bond acceptors (Lipinski definition) is 4. The predicted molar refractivity (Wildman–Crippen MR) is 109 cm³/mol. The van der Waals surface area contributed by atoms with Crippen molar-refractivity contribution in [3.8, 4) is 0 Å². The molecule has 4 rings (SSSR count). The molecule has 0 aliphatic heterocycles. The Bertz CT molecular complexity index is 1210. The summed E-state index contributed by atoms with van der Waals surface area (Å²) in [6.45, 7) is 0.292. The first-order valence-electron chi connectivity index (χ1n) is 7.83. The van der Waals surface area contributed by atoms with Gasteiger partial charge in [0.05, 0.1) is 29.3 Å². The Morgan fingerprint density at radius 2 is 1.92 bits per heavy atom. The van der Waals surface area contributed by atoms with E-state index >= 15 is 0 Å². The van der Waals surface area contributed by atoms with Gasteiger partial charge in [-0.15, -0.1) is 11.8 Å². The fourth-order valence-electron chi connectivity index (χ4n) is 2.83.